The van der Waals surface area contributed by atoms with Gasteiger partial charge in [-0.2, -0.15) is 5.10 Å². The summed E-state index contributed by atoms with van der Waals surface area (Å²) in [4.78, 5) is 5.68. The Morgan fingerprint density at radius 3 is 2.71 bits per heavy atom. The third-order valence-corrected chi connectivity index (χ3v) is 4.80. The minimum Gasteiger partial charge on any atom is -0.497 e. The van der Waals surface area contributed by atoms with Crippen LogP contribution in [0.5, 0.6) is 11.5 Å². The second-order valence-corrected chi connectivity index (χ2v) is 6.34. The van der Waals surface area contributed by atoms with Gasteiger partial charge in [0.2, 0.25) is 0 Å². The monoisotopic (exact) mass is 344 g/mol. The van der Waals surface area contributed by atoms with Crippen molar-refractivity contribution < 1.29 is 9.47 Å². The minimum absolute atomic E-state index is 0.627. The number of rotatable bonds is 6. The Morgan fingerprint density at radius 2 is 2.04 bits per heavy atom. The van der Waals surface area contributed by atoms with E-state index >= 15 is 0 Å². The molecule has 0 amide bonds. The van der Waals surface area contributed by atoms with Gasteiger partial charge in [-0.15, -0.1) is 0 Å². The second-order valence-electron chi connectivity index (χ2n) is 5.34. The molecule has 0 bridgehead atoms. The van der Waals surface area contributed by atoms with E-state index in [1.54, 1.807) is 30.2 Å². The molecule has 0 saturated heterocycles. The van der Waals surface area contributed by atoms with Crippen LogP contribution in [0.3, 0.4) is 0 Å². The number of ether oxygens (including phenoxy) is 2. The highest BCUT2D eigenvalue weighted by molar-refractivity contribution is 7.19. The molecule has 0 spiro atoms. The maximum atomic E-state index is 5.43. The van der Waals surface area contributed by atoms with Crippen LogP contribution in [-0.4, -0.2) is 29.0 Å². The molecule has 0 unspecified atom stereocenters. The fraction of sp³-hybridized carbons (Fsp3) is 0.294. The van der Waals surface area contributed by atoms with Crippen molar-refractivity contribution in [3.05, 3.63) is 41.7 Å². The van der Waals surface area contributed by atoms with Gasteiger partial charge in [-0.1, -0.05) is 11.3 Å². The molecule has 1 N–H and O–H groups in total. The van der Waals surface area contributed by atoms with E-state index in [2.05, 4.69) is 15.4 Å². The van der Waals surface area contributed by atoms with Gasteiger partial charge in [0.05, 0.1) is 24.8 Å². The molecular weight excluding hydrogens is 324 g/mol. The third-order valence-electron chi connectivity index (χ3n) is 3.67. The zero-order valence-corrected chi connectivity index (χ0v) is 15.0. The summed E-state index contributed by atoms with van der Waals surface area (Å²) in [7, 11) is 5.21. The van der Waals surface area contributed by atoms with E-state index in [-0.39, 0.29) is 0 Å². The number of hydrogen-bond donors (Lipinski definition) is 1. The van der Waals surface area contributed by atoms with Crippen molar-refractivity contribution in [1.82, 2.24) is 14.8 Å². The van der Waals surface area contributed by atoms with Crippen LogP contribution < -0.4 is 14.8 Å². The Kier molecular flexibility index (Phi) is 4.71. The summed E-state index contributed by atoms with van der Waals surface area (Å²) in [6.45, 7) is 2.63. The van der Waals surface area contributed by atoms with Gasteiger partial charge in [0.1, 0.15) is 17.2 Å². The summed E-state index contributed by atoms with van der Waals surface area (Å²) < 4.78 is 12.4. The van der Waals surface area contributed by atoms with Crippen molar-refractivity contribution in [2.24, 2.45) is 7.05 Å². The average Bonchev–Trinajstić information content (AvgIpc) is 3.18. The fourth-order valence-corrected chi connectivity index (χ4v) is 3.34. The Bertz CT molecular complexity index is 841. The van der Waals surface area contributed by atoms with Crippen LogP contribution >= 0.6 is 11.3 Å². The molecule has 6 nitrogen and oxygen atoms in total. The highest BCUT2D eigenvalue weighted by atomic mass is 32.1. The summed E-state index contributed by atoms with van der Waals surface area (Å²) in [5.74, 6) is 1.57. The molecule has 0 radical (unpaired) electrons. The maximum absolute atomic E-state index is 5.43. The highest BCUT2D eigenvalue weighted by Gasteiger charge is 2.12. The number of anilines is 1. The molecule has 0 fully saturated rings. The Hall–Kier alpha value is -2.54. The van der Waals surface area contributed by atoms with Crippen LogP contribution in [0.4, 0.5) is 5.13 Å². The lowest BCUT2D eigenvalue weighted by atomic mass is 10.2. The van der Waals surface area contributed by atoms with Crippen molar-refractivity contribution in [2.75, 3.05) is 19.5 Å². The molecule has 0 aliphatic carbocycles. The minimum atomic E-state index is 0.627. The lowest BCUT2D eigenvalue weighted by molar-refractivity contribution is 0.391. The molecule has 0 saturated carbocycles. The summed E-state index contributed by atoms with van der Waals surface area (Å²) in [5.41, 5.74) is 2.97. The van der Waals surface area contributed by atoms with E-state index in [4.69, 9.17) is 9.47 Å². The zero-order chi connectivity index (χ0) is 17.1. The smallest absolute Gasteiger partial charge is 0.183 e. The van der Waals surface area contributed by atoms with Gasteiger partial charge in [-0.3, -0.25) is 4.68 Å². The molecule has 2 heterocycles. The van der Waals surface area contributed by atoms with E-state index in [0.717, 1.165) is 38.5 Å². The SMILES string of the molecule is COc1ccc(CNc2nc(C)c(-c3ccn(C)n3)s2)c(OC)c1. The molecule has 2 aromatic heterocycles. The average molecular weight is 344 g/mol. The van der Waals surface area contributed by atoms with Gasteiger partial charge in [0.15, 0.2) is 5.13 Å². The van der Waals surface area contributed by atoms with E-state index in [9.17, 15) is 0 Å². The number of aromatic nitrogens is 3. The lowest BCUT2D eigenvalue weighted by Gasteiger charge is -2.10. The van der Waals surface area contributed by atoms with Crippen molar-refractivity contribution in [1.29, 1.82) is 0 Å². The van der Waals surface area contributed by atoms with Gasteiger partial charge in [0, 0.05) is 31.4 Å². The predicted octanol–water partition coefficient (Wildman–Crippen LogP) is 3.48. The number of hydrogen-bond acceptors (Lipinski definition) is 6. The molecule has 3 rings (SSSR count). The predicted molar refractivity (Wildman–Crippen MR) is 95.9 cm³/mol. The van der Waals surface area contributed by atoms with Crippen molar-refractivity contribution in [2.45, 2.75) is 13.5 Å². The molecule has 3 aromatic rings. The van der Waals surface area contributed by atoms with Crippen LogP contribution in [0.2, 0.25) is 0 Å². The van der Waals surface area contributed by atoms with Crippen LogP contribution in [0, 0.1) is 6.92 Å². The Balaban J connectivity index is 1.76. The fourth-order valence-electron chi connectivity index (χ4n) is 2.41. The molecule has 7 heteroatoms. The zero-order valence-electron chi connectivity index (χ0n) is 14.2. The molecule has 0 aliphatic rings. The topological polar surface area (TPSA) is 61.2 Å². The van der Waals surface area contributed by atoms with Gasteiger partial charge >= 0.3 is 0 Å². The van der Waals surface area contributed by atoms with Crippen LogP contribution in [0.15, 0.2) is 30.5 Å². The third kappa shape index (κ3) is 3.35. The van der Waals surface area contributed by atoms with Crippen molar-refractivity contribution in [3.63, 3.8) is 0 Å². The Labute approximate surface area is 145 Å². The lowest BCUT2D eigenvalue weighted by Crippen LogP contribution is -2.01. The molecule has 1 aromatic carbocycles. The summed E-state index contributed by atoms with van der Waals surface area (Å²) >= 11 is 1.60. The van der Waals surface area contributed by atoms with E-state index in [1.165, 1.54) is 0 Å². The molecular formula is C17H20N4O2S. The molecule has 126 valence electrons. The number of thiazole rings is 1. The first-order valence-corrected chi connectivity index (χ1v) is 8.34. The van der Waals surface area contributed by atoms with Gasteiger partial charge in [-0.25, -0.2) is 4.98 Å². The second kappa shape index (κ2) is 6.92. The first kappa shape index (κ1) is 16.3. The highest BCUT2D eigenvalue weighted by Crippen LogP contribution is 2.32. The first-order valence-electron chi connectivity index (χ1n) is 7.53. The van der Waals surface area contributed by atoms with E-state index in [1.807, 2.05) is 44.4 Å². The largest absolute Gasteiger partial charge is 0.497 e. The number of nitrogens with one attached hydrogen (secondary N) is 1. The number of nitrogens with zero attached hydrogens (tertiary/aromatic N) is 3. The van der Waals surface area contributed by atoms with Crippen molar-refractivity contribution in [3.8, 4) is 22.1 Å². The summed E-state index contributed by atoms with van der Waals surface area (Å²) in [6.07, 6.45) is 1.93. The number of benzene rings is 1. The molecule has 0 aliphatic heterocycles. The van der Waals surface area contributed by atoms with Gasteiger partial charge in [0.25, 0.3) is 0 Å². The normalized spacial score (nSPS) is 10.7. The standard InChI is InChI=1S/C17H20N4O2S/c1-11-16(14-7-8-21(2)20-14)24-17(19-11)18-10-12-5-6-13(22-3)9-15(12)23-4/h5-9H,10H2,1-4H3,(H,18,19). The van der Waals surface area contributed by atoms with E-state index in [0.29, 0.717) is 6.54 Å². The first-order chi connectivity index (χ1) is 11.6. The number of aryl methyl sites for hydroxylation is 2. The van der Waals surface area contributed by atoms with Gasteiger partial charge in [-0.05, 0) is 25.1 Å². The van der Waals surface area contributed by atoms with E-state index < -0.39 is 0 Å². The quantitative estimate of drug-likeness (QED) is 0.742. The maximum Gasteiger partial charge on any atom is 0.183 e. The Morgan fingerprint density at radius 1 is 1.21 bits per heavy atom. The summed E-state index contributed by atoms with van der Waals surface area (Å²) in [6, 6.07) is 7.79. The summed E-state index contributed by atoms with van der Waals surface area (Å²) in [5, 5.41) is 8.67. The molecule has 24 heavy (non-hydrogen) atoms. The van der Waals surface area contributed by atoms with Crippen molar-refractivity contribution >= 4 is 16.5 Å². The van der Waals surface area contributed by atoms with Crippen LogP contribution in [0.25, 0.3) is 10.6 Å². The van der Waals surface area contributed by atoms with Crippen LogP contribution in [0.1, 0.15) is 11.3 Å². The number of methoxy groups -OCH3 is 2. The molecule has 0 atom stereocenters. The van der Waals surface area contributed by atoms with Gasteiger partial charge < -0.3 is 14.8 Å². The van der Waals surface area contributed by atoms with Crippen LogP contribution in [-0.2, 0) is 13.6 Å².